The van der Waals surface area contributed by atoms with E-state index in [0.717, 1.165) is 16.1 Å². The number of halogens is 2. The zero-order chi connectivity index (χ0) is 16.3. The lowest BCUT2D eigenvalue weighted by Gasteiger charge is -2.08. The Morgan fingerprint density at radius 2 is 1.91 bits per heavy atom. The first-order valence-electron chi connectivity index (χ1n) is 6.02. The molecular formula is C14H11BrClNO4S. The summed E-state index contributed by atoms with van der Waals surface area (Å²) in [4.78, 5) is 11.7. The molecule has 0 fully saturated rings. The number of sulfonamides is 1. The zero-order valence-electron chi connectivity index (χ0n) is 11.1. The zero-order valence-corrected chi connectivity index (χ0v) is 14.3. The minimum absolute atomic E-state index is 0.0492. The van der Waals surface area contributed by atoms with Crippen molar-refractivity contribution >= 4 is 43.5 Å². The maximum absolute atomic E-state index is 12.0. The third kappa shape index (κ3) is 4.07. The summed E-state index contributed by atoms with van der Waals surface area (Å²) < 4.78 is 28.7. The van der Waals surface area contributed by atoms with Gasteiger partial charge in [0.05, 0.1) is 10.6 Å². The van der Waals surface area contributed by atoms with Crippen molar-refractivity contribution in [3.8, 4) is 0 Å². The van der Waals surface area contributed by atoms with Gasteiger partial charge in [-0.1, -0.05) is 45.7 Å². The average Bonchev–Trinajstić information content (AvgIpc) is 2.45. The highest BCUT2D eigenvalue weighted by molar-refractivity contribution is 9.10. The first kappa shape index (κ1) is 17.0. The van der Waals surface area contributed by atoms with Gasteiger partial charge in [0.15, 0.2) is 0 Å². The number of hydrogen-bond donors (Lipinski definition) is 1. The Balaban J connectivity index is 2.19. The van der Waals surface area contributed by atoms with Crippen molar-refractivity contribution < 1.29 is 17.9 Å². The van der Waals surface area contributed by atoms with Crippen LogP contribution in [-0.2, 0) is 21.4 Å². The van der Waals surface area contributed by atoms with Gasteiger partial charge in [-0.3, -0.25) is 0 Å². The third-order valence-electron chi connectivity index (χ3n) is 2.79. The van der Waals surface area contributed by atoms with Crippen LogP contribution in [0.25, 0.3) is 0 Å². The summed E-state index contributed by atoms with van der Waals surface area (Å²) in [6.45, 7) is 0.0492. The van der Waals surface area contributed by atoms with Crippen LogP contribution < -0.4 is 5.14 Å². The monoisotopic (exact) mass is 403 g/mol. The van der Waals surface area contributed by atoms with E-state index in [1.165, 1.54) is 12.1 Å². The molecule has 0 unspecified atom stereocenters. The van der Waals surface area contributed by atoms with Gasteiger partial charge in [-0.05, 0) is 24.3 Å². The first-order chi connectivity index (χ1) is 10.3. The number of ether oxygens (including phenoxy) is 1. The fourth-order valence-electron chi connectivity index (χ4n) is 1.69. The van der Waals surface area contributed by atoms with E-state index in [9.17, 15) is 13.2 Å². The number of rotatable bonds is 4. The van der Waals surface area contributed by atoms with Crippen LogP contribution >= 0.6 is 27.5 Å². The summed E-state index contributed by atoms with van der Waals surface area (Å²) >= 11 is 9.11. The second kappa shape index (κ2) is 6.78. The molecule has 8 heteroatoms. The van der Waals surface area contributed by atoms with Gasteiger partial charge in [0, 0.05) is 10.0 Å². The molecule has 2 N–H and O–H groups in total. The van der Waals surface area contributed by atoms with Crippen molar-refractivity contribution in [3.63, 3.8) is 0 Å². The largest absolute Gasteiger partial charge is 0.457 e. The van der Waals surface area contributed by atoms with Gasteiger partial charge < -0.3 is 4.74 Å². The molecular weight excluding hydrogens is 394 g/mol. The van der Waals surface area contributed by atoms with Gasteiger partial charge in [-0.15, -0.1) is 0 Å². The molecule has 2 aromatic rings. The molecule has 0 aliphatic heterocycles. The highest BCUT2D eigenvalue weighted by atomic mass is 79.9. The lowest BCUT2D eigenvalue weighted by Crippen LogP contribution is -2.14. The van der Waals surface area contributed by atoms with Crippen molar-refractivity contribution in [1.82, 2.24) is 0 Å². The van der Waals surface area contributed by atoms with Gasteiger partial charge in [-0.2, -0.15) is 0 Å². The normalized spacial score (nSPS) is 11.2. The predicted octanol–water partition coefficient (Wildman–Crippen LogP) is 3.11. The van der Waals surface area contributed by atoms with Gasteiger partial charge >= 0.3 is 5.97 Å². The maximum Gasteiger partial charge on any atom is 0.338 e. The minimum Gasteiger partial charge on any atom is -0.457 e. The van der Waals surface area contributed by atoms with Crippen LogP contribution in [-0.4, -0.2) is 14.4 Å². The molecule has 0 aromatic heterocycles. The first-order valence-corrected chi connectivity index (χ1v) is 8.73. The molecule has 5 nitrogen and oxygen atoms in total. The van der Waals surface area contributed by atoms with Gasteiger partial charge in [0.2, 0.25) is 10.0 Å². The smallest absolute Gasteiger partial charge is 0.338 e. The molecule has 0 saturated carbocycles. The van der Waals surface area contributed by atoms with E-state index in [4.69, 9.17) is 21.5 Å². The highest BCUT2D eigenvalue weighted by Gasteiger charge is 2.17. The third-order valence-corrected chi connectivity index (χ3v) is 4.96. The molecule has 0 spiro atoms. The summed E-state index contributed by atoms with van der Waals surface area (Å²) in [5.74, 6) is -0.669. The number of carbonyl (C=O) groups excluding carboxylic acids is 1. The summed E-state index contributed by atoms with van der Waals surface area (Å²) in [6.07, 6.45) is 0. The standard InChI is InChI=1S/C14H11BrClNO4S/c15-11-4-2-1-3-10(11)8-21-14(18)9-5-6-12(16)13(7-9)22(17,19)20/h1-7H,8H2,(H2,17,19,20). The van der Waals surface area contributed by atoms with Gasteiger partial charge in [0.25, 0.3) is 0 Å². The van der Waals surface area contributed by atoms with Crippen LogP contribution in [0.2, 0.25) is 5.02 Å². The van der Waals surface area contributed by atoms with E-state index in [2.05, 4.69) is 15.9 Å². The summed E-state index contributed by atoms with van der Waals surface area (Å²) in [7, 11) is -4.01. The summed E-state index contributed by atoms with van der Waals surface area (Å²) in [6, 6.07) is 11.0. The van der Waals surface area contributed by atoms with E-state index >= 15 is 0 Å². The van der Waals surface area contributed by atoms with E-state index in [1.54, 1.807) is 6.07 Å². The minimum atomic E-state index is -4.01. The Morgan fingerprint density at radius 1 is 1.23 bits per heavy atom. The Labute approximate surface area is 141 Å². The van der Waals surface area contributed by atoms with Crippen molar-refractivity contribution in [2.75, 3.05) is 0 Å². The molecule has 2 rings (SSSR count). The van der Waals surface area contributed by atoms with Crippen LogP contribution in [0, 0.1) is 0 Å². The topological polar surface area (TPSA) is 86.5 Å². The van der Waals surface area contributed by atoms with Crippen LogP contribution in [0.15, 0.2) is 51.8 Å². The molecule has 22 heavy (non-hydrogen) atoms. The maximum atomic E-state index is 12.0. The van der Waals surface area contributed by atoms with E-state index in [1.807, 2.05) is 18.2 Å². The SMILES string of the molecule is NS(=O)(=O)c1cc(C(=O)OCc2ccccc2Br)ccc1Cl. The summed E-state index contributed by atoms with van der Waals surface area (Å²) in [5, 5.41) is 4.99. The van der Waals surface area contributed by atoms with Crippen molar-refractivity contribution in [3.05, 3.63) is 63.1 Å². The molecule has 0 aliphatic rings. The summed E-state index contributed by atoms with van der Waals surface area (Å²) in [5.41, 5.74) is 0.844. The number of benzene rings is 2. The van der Waals surface area contributed by atoms with Crippen LogP contribution in [0.1, 0.15) is 15.9 Å². The molecule has 116 valence electrons. The van der Waals surface area contributed by atoms with E-state index in [-0.39, 0.29) is 22.1 Å². The molecule has 0 atom stereocenters. The van der Waals surface area contributed by atoms with E-state index < -0.39 is 16.0 Å². The molecule has 0 saturated heterocycles. The second-order valence-corrected chi connectivity index (χ2v) is 7.15. The average molecular weight is 405 g/mol. The highest BCUT2D eigenvalue weighted by Crippen LogP contribution is 2.22. The van der Waals surface area contributed by atoms with Crippen molar-refractivity contribution in [2.24, 2.45) is 5.14 Å². The Bertz CT molecular complexity index is 823. The molecule has 2 aromatic carbocycles. The van der Waals surface area contributed by atoms with Crippen molar-refractivity contribution in [1.29, 1.82) is 0 Å². The van der Waals surface area contributed by atoms with E-state index in [0.29, 0.717) is 0 Å². The molecule has 0 heterocycles. The number of hydrogen-bond acceptors (Lipinski definition) is 4. The van der Waals surface area contributed by atoms with Crippen LogP contribution in [0.3, 0.4) is 0 Å². The van der Waals surface area contributed by atoms with Crippen molar-refractivity contribution in [2.45, 2.75) is 11.5 Å². The molecule has 0 radical (unpaired) electrons. The van der Waals surface area contributed by atoms with Crippen LogP contribution in [0.5, 0.6) is 0 Å². The Kier molecular flexibility index (Phi) is 5.23. The van der Waals surface area contributed by atoms with Gasteiger partial charge in [-0.25, -0.2) is 18.4 Å². The Hall–Kier alpha value is -1.41. The number of esters is 1. The fourth-order valence-corrected chi connectivity index (χ4v) is 3.16. The quantitative estimate of drug-likeness (QED) is 0.793. The molecule has 0 amide bonds. The lowest BCUT2D eigenvalue weighted by molar-refractivity contribution is 0.0471. The van der Waals surface area contributed by atoms with Crippen LogP contribution in [0.4, 0.5) is 0 Å². The molecule has 0 aliphatic carbocycles. The second-order valence-electron chi connectivity index (χ2n) is 4.36. The van der Waals surface area contributed by atoms with Gasteiger partial charge in [0.1, 0.15) is 11.5 Å². The Morgan fingerprint density at radius 3 is 2.55 bits per heavy atom. The number of nitrogens with two attached hydrogens (primary N) is 1. The predicted molar refractivity (Wildman–Crippen MR) is 86.1 cm³/mol. The lowest BCUT2D eigenvalue weighted by atomic mass is 10.2. The number of carbonyl (C=O) groups is 1. The number of primary sulfonamides is 1. The molecule has 0 bridgehead atoms. The fraction of sp³-hybridized carbons (Fsp3) is 0.0714.